The molecule has 5 heteroatoms. The smallest absolute Gasteiger partial charge is 0.225 e. The number of hydrogen-bond donors (Lipinski definition) is 1. The van der Waals surface area contributed by atoms with Crippen LogP contribution in [0.15, 0.2) is 0 Å². The van der Waals surface area contributed by atoms with Crippen LogP contribution < -0.4 is 0 Å². The van der Waals surface area contributed by atoms with Crippen LogP contribution in [-0.4, -0.2) is 72.9 Å². The molecule has 2 rings (SSSR count). The highest BCUT2D eigenvalue weighted by atomic mass is 16.5. The Kier molecular flexibility index (Phi) is 5.41. The normalized spacial score (nSPS) is 26.3. The van der Waals surface area contributed by atoms with Gasteiger partial charge in [-0.1, -0.05) is 0 Å². The highest BCUT2D eigenvalue weighted by Gasteiger charge is 2.24. The van der Waals surface area contributed by atoms with Crippen molar-refractivity contribution in [3.8, 4) is 0 Å². The molecule has 0 saturated carbocycles. The zero-order valence-electron chi connectivity index (χ0n) is 11.0. The highest BCUT2D eigenvalue weighted by molar-refractivity contribution is 5.76. The zero-order chi connectivity index (χ0) is 12.8. The summed E-state index contributed by atoms with van der Waals surface area (Å²) >= 11 is 0. The molecule has 0 aliphatic carbocycles. The Balaban J connectivity index is 1.70. The fraction of sp³-hybridized carbons (Fsp3) is 0.923. The van der Waals surface area contributed by atoms with Gasteiger partial charge in [-0.2, -0.15) is 0 Å². The molecule has 5 nitrogen and oxygen atoms in total. The van der Waals surface area contributed by atoms with Crippen molar-refractivity contribution >= 4 is 5.91 Å². The maximum absolute atomic E-state index is 12.1. The minimum absolute atomic E-state index is 0.140. The lowest BCUT2D eigenvalue weighted by molar-refractivity contribution is -0.136. The summed E-state index contributed by atoms with van der Waals surface area (Å²) in [6.07, 6.45) is 4.02. The van der Waals surface area contributed by atoms with Crippen LogP contribution in [-0.2, 0) is 9.53 Å². The third-order valence-corrected chi connectivity index (χ3v) is 3.82. The van der Waals surface area contributed by atoms with E-state index in [1.807, 2.05) is 4.90 Å². The van der Waals surface area contributed by atoms with Crippen molar-refractivity contribution in [2.75, 3.05) is 45.9 Å². The van der Waals surface area contributed by atoms with Crippen LogP contribution in [0.3, 0.4) is 0 Å². The van der Waals surface area contributed by atoms with E-state index >= 15 is 0 Å². The molecule has 0 spiro atoms. The standard InChI is InChI=1S/C13H24N2O3/c16-9-8-14-4-6-15(7-5-14)13(17)11-12-3-1-2-10-18-12/h12,16H,1-11H2. The van der Waals surface area contributed by atoms with Crippen molar-refractivity contribution in [2.24, 2.45) is 0 Å². The van der Waals surface area contributed by atoms with E-state index in [1.54, 1.807) is 0 Å². The van der Waals surface area contributed by atoms with Crippen molar-refractivity contribution < 1.29 is 14.6 Å². The largest absolute Gasteiger partial charge is 0.395 e. The number of nitrogens with zero attached hydrogens (tertiary/aromatic N) is 2. The van der Waals surface area contributed by atoms with Crippen molar-refractivity contribution in [2.45, 2.75) is 31.8 Å². The summed E-state index contributed by atoms with van der Waals surface area (Å²) in [5.74, 6) is 0.227. The second-order valence-electron chi connectivity index (χ2n) is 5.14. The minimum Gasteiger partial charge on any atom is -0.395 e. The summed E-state index contributed by atoms with van der Waals surface area (Å²) in [6.45, 7) is 5.03. The van der Waals surface area contributed by atoms with Gasteiger partial charge in [-0.3, -0.25) is 9.69 Å². The molecule has 2 aliphatic rings. The molecule has 1 atom stereocenters. The number of amides is 1. The quantitative estimate of drug-likeness (QED) is 0.774. The van der Waals surface area contributed by atoms with E-state index in [2.05, 4.69) is 4.90 Å². The summed E-state index contributed by atoms with van der Waals surface area (Å²) in [5, 5.41) is 8.87. The van der Waals surface area contributed by atoms with Gasteiger partial charge in [0.25, 0.3) is 0 Å². The summed E-state index contributed by atoms with van der Waals surface area (Å²) < 4.78 is 5.61. The molecule has 2 fully saturated rings. The van der Waals surface area contributed by atoms with Gasteiger partial charge in [0.2, 0.25) is 5.91 Å². The predicted molar refractivity (Wildman–Crippen MR) is 68.3 cm³/mol. The fourth-order valence-corrected chi connectivity index (χ4v) is 2.65. The highest BCUT2D eigenvalue weighted by Crippen LogP contribution is 2.17. The molecule has 1 unspecified atom stereocenters. The molecule has 0 bridgehead atoms. The molecule has 0 aromatic rings. The van der Waals surface area contributed by atoms with E-state index in [4.69, 9.17) is 9.84 Å². The minimum atomic E-state index is 0.140. The van der Waals surface area contributed by atoms with Crippen LogP contribution in [0.2, 0.25) is 0 Å². The first kappa shape index (κ1) is 13.8. The van der Waals surface area contributed by atoms with E-state index in [0.717, 1.165) is 45.6 Å². The third kappa shape index (κ3) is 3.93. The average molecular weight is 256 g/mol. The Labute approximate surface area is 109 Å². The van der Waals surface area contributed by atoms with Crippen LogP contribution >= 0.6 is 0 Å². The Hall–Kier alpha value is -0.650. The topological polar surface area (TPSA) is 53.0 Å². The van der Waals surface area contributed by atoms with Gasteiger partial charge < -0.3 is 14.7 Å². The monoisotopic (exact) mass is 256 g/mol. The lowest BCUT2D eigenvalue weighted by Gasteiger charge is -2.35. The fourth-order valence-electron chi connectivity index (χ4n) is 2.65. The lowest BCUT2D eigenvalue weighted by atomic mass is 10.1. The first-order chi connectivity index (χ1) is 8.79. The van der Waals surface area contributed by atoms with Crippen molar-refractivity contribution in [1.29, 1.82) is 0 Å². The van der Waals surface area contributed by atoms with Gasteiger partial charge >= 0.3 is 0 Å². The number of rotatable bonds is 4. The number of carbonyl (C=O) groups excluding carboxylic acids is 1. The molecular formula is C13H24N2O3. The van der Waals surface area contributed by atoms with Crippen LogP contribution in [0.5, 0.6) is 0 Å². The average Bonchev–Trinajstić information content (AvgIpc) is 2.41. The Morgan fingerprint density at radius 1 is 1.22 bits per heavy atom. The first-order valence-corrected chi connectivity index (χ1v) is 7.02. The SMILES string of the molecule is O=C(CC1CCCCO1)N1CCN(CCO)CC1. The van der Waals surface area contributed by atoms with Crippen LogP contribution in [0.25, 0.3) is 0 Å². The van der Waals surface area contributed by atoms with Gasteiger partial charge in [0.05, 0.1) is 19.1 Å². The van der Waals surface area contributed by atoms with Gasteiger partial charge in [-0.15, -0.1) is 0 Å². The molecule has 2 heterocycles. The van der Waals surface area contributed by atoms with Crippen LogP contribution in [0, 0.1) is 0 Å². The summed E-state index contributed by atoms with van der Waals surface area (Å²) in [4.78, 5) is 16.2. The second-order valence-corrected chi connectivity index (χ2v) is 5.14. The number of hydrogen-bond acceptors (Lipinski definition) is 4. The second kappa shape index (κ2) is 7.07. The molecular weight excluding hydrogens is 232 g/mol. The number of ether oxygens (including phenoxy) is 1. The van der Waals surface area contributed by atoms with Gasteiger partial charge in [0, 0.05) is 39.3 Å². The number of aliphatic hydroxyl groups excluding tert-OH is 1. The van der Waals surface area contributed by atoms with E-state index in [0.29, 0.717) is 13.0 Å². The van der Waals surface area contributed by atoms with Crippen LogP contribution in [0.1, 0.15) is 25.7 Å². The molecule has 0 aromatic carbocycles. The first-order valence-electron chi connectivity index (χ1n) is 7.02. The van der Waals surface area contributed by atoms with Crippen molar-refractivity contribution in [3.63, 3.8) is 0 Å². The number of β-amino-alcohol motifs (C(OH)–C–C–N with tert-alkyl or cyclic N) is 1. The van der Waals surface area contributed by atoms with Gasteiger partial charge in [0.15, 0.2) is 0 Å². The number of aliphatic hydroxyl groups is 1. The maximum Gasteiger partial charge on any atom is 0.225 e. The van der Waals surface area contributed by atoms with Gasteiger partial charge in [-0.25, -0.2) is 0 Å². The van der Waals surface area contributed by atoms with Gasteiger partial charge in [0.1, 0.15) is 0 Å². The van der Waals surface area contributed by atoms with E-state index in [9.17, 15) is 4.79 Å². The zero-order valence-corrected chi connectivity index (χ0v) is 11.0. The Morgan fingerprint density at radius 2 is 2.00 bits per heavy atom. The molecule has 2 saturated heterocycles. The number of piperazine rings is 1. The van der Waals surface area contributed by atoms with E-state index in [1.165, 1.54) is 6.42 Å². The predicted octanol–water partition coefficient (Wildman–Crippen LogP) is 0.0821. The Bertz CT molecular complexity index is 259. The summed E-state index contributed by atoms with van der Waals surface area (Å²) in [7, 11) is 0. The van der Waals surface area contributed by atoms with E-state index < -0.39 is 0 Å². The lowest BCUT2D eigenvalue weighted by Crippen LogP contribution is -2.50. The summed E-state index contributed by atoms with van der Waals surface area (Å²) in [6, 6.07) is 0. The summed E-state index contributed by atoms with van der Waals surface area (Å²) in [5.41, 5.74) is 0. The molecule has 0 radical (unpaired) electrons. The maximum atomic E-state index is 12.1. The molecule has 18 heavy (non-hydrogen) atoms. The molecule has 0 aromatic heterocycles. The Morgan fingerprint density at radius 3 is 2.61 bits per heavy atom. The molecule has 104 valence electrons. The number of carbonyl (C=O) groups is 1. The van der Waals surface area contributed by atoms with Crippen molar-refractivity contribution in [3.05, 3.63) is 0 Å². The third-order valence-electron chi connectivity index (χ3n) is 3.82. The molecule has 1 N–H and O–H groups in total. The van der Waals surface area contributed by atoms with Gasteiger partial charge in [-0.05, 0) is 19.3 Å². The van der Waals surface area contributed by atoms with Crippen molar-refractivity contribution in [1.82, 2.24) is 9.80 Å². The van der Waals surface area contributed by atoms with E-state index in [-0.39, 0.29) is 18.6 Å². The molecule has 2 aliphatic heterocycles. The van der Waals surface area contributed by atoms with Crippen LogP contribution in [0.4, 0.5) is 0 Å². The molecule has 1 amide bonds.